The van der Waals surface area contributed by atoms with Crippen LogP contribution in [0.25, 0.3) is 0 Å². The molecule has 0 spiro atoms. The predicted octanol–water partition coefficient (Wildman–Crippen LogP) is 0.565. The smallest absolute Gasteiger partial charge is 0.205 e. The minimum absolute atomic E-state index is 0.811. The molecule has 72 valence electrons. The molecule has 0 radical (unpaired) electrons. The fraction of sp³-hybridized carbons (Fsp3) is 0.667. The van der Waals surface area contributed by atoms with Gasteiger partial charge >= 0.3 is 0 Å². The molecule has 1 aromatic heterocycles. The lowest BCUT2D eigenvalue weighted by Crippen LogP contribution is -2.37. The molecule has 0 N–H and O–H groups in total. The summed E-state index contributed by atoms with van der Waals surface area (Å²) in [7, 11) is 2.03. The number of anilines is 1. The molecule has 4 nitrogen and oxygen atoms in total. The maximum atomic E-state index is 5.29. The third-order valence-electron chi connectivity index (χ3n) is 2.27. The zero-order chi connectivity index (χ0) is 9.26. The summed E-state index contributed by atoms with van der Waals surface area (Å²) >= 11 is 0. The predicted molar refractivity (Wildman–Crippen MR) is 51.0 cm³/mol. The van der Waals surface area contributed by atoms with Crippen molar-refractivity contribution in [2.45, 2.75) is 6.92 Å². The monoisotopic (exact) mass is 181 g/mol. The molecule has 2 heterocycles. The Hall–Kier alpha value is -1.03. The summed E-state index contributed by atoms with van der Waals surface area (Å²) in [6.45, 7) is 5.54. The van der Waals surface area contributed by atoms with Gasteiger partial charge in [0.05, 0.1) is 18.9 Å². The summed E-state index contributed by atoms with van der Waals surface area (Å²) in [5.74, 6) is 1.06. The molecule has 0 amide bonds. The first kappa shape index (κ1) is 8.56. The van der Waals surface area contributed by atoms with Crippen molar-refractivity contribution >= 4 is 5.95 Å². The largest absolute Gasteiger partial charge is 0.378 e. The van der Waals surface area contributed by atoms with Gasteiger partial charge in [0.2, 0.25) is 5.95 Å². The van der Waals surface area contributed by atoms with E-state index in [0.29, 0.717) is 0 Å². The van der Waals surface area contributed by atoms with Gasteiger partial charge in [0.25, 0.3) is 0 Å². The molecule has 1 aromatic rings. The van der Waals surface area contributed by atoms with Crippen LogP contribution in [0.2, 0.25) is 0 Å². The van der Waals surface area contributed by atoms with Crippen molar-refractivity contribution in [3.8, 4) is 0 Å². The van der Waals surface area contributed by atoms with Gasteiger partial charge in [-0.3, -0.25) is 0 Å². The van der Waals surface area contributed by atoms with Crippen LogP contribution in [-0.4, -0.2) is 35.9 Å². The zero-order valence-corrected chi connectivity index (χ0v) is 8.16. The minimum Gasteiger partial charge on any atom is -0.378 e. The van der Waals surface area contributed by atoms with Crippen molar-refractivity contribution in [1.29, 1.82) is 0 Å². The van der Waals surface area contributed by atoms with Crippen LogP contribution in [0.5, 0.6) is 0 Å². The SMILES string of the molecule is Cc1cn(C)c(N2CCOCC2)n1. The highest BCUT2D eigenvalue weighted by Crippen LogP contribution is 2.13. The lowest BCUT2D eigenvalue weighted by atomic mass is 10.4. The van der Waals surface area contributed by atoms with Crippen molar-refractivity contribution < 1.29 is 4.74 Å². The Labute approximate surface area is 78.1 Å². The topological polar surface area (TPSA) is 30.3 Å². The number of hydrogen-bond acceptors (Lipinski definition) is 3. The normalized spacial score (nSPS) is 17.8. The number of hydrogen-bond donors (Lipinski definition) is 0. The number of rotatable bonds is 1. The Balaban J connectivity index is 2.18. The second-order valence-corrected chi connectivity index (χ2v) is 3.39. The van der Waals surface area contributed by atoms with Crippen molar-refractivity contribution in [3.05, 3.63) is 11.9 Å². The van der Waals surface area contributed by atoms with Crippen LogP contribution in [0, 0.1) is 6.92 Å². The maximum absolute atomic E-state index is 5.29. The number of morpholine rings is 1. The summed E-state index contributed by atoms with van der Waals surface area (Å²) in [5.41, 5.74) is 1.07. The Bertz CT molecular complexity index is 289. The second kappa shape index (κ2) is 3.38. The highest BCUT2D eigenvalue weighted by atomic mass is 16.5. The van der Waals surface area contributed by atoms with E-state index in [0.717, 1.165) is 37.9 Å². The fourth-order valence-corrected chi connectivity index (χ4v) is 1.66. The Kier molecular flexibility index (Phi) is 2.22. The van der Waals surface area contributed by atoms with Crippen LogP contribution in [-0.2, 0) is 11.8 Å². The number of imidazole rings is 1. The van der Waals surface area contributed by atoms with Crippen molar-refractivity contribution in [2.24, 2.45) is 7.05 Å². The molecular weight excluding hydrogens is 166 g/mol. The highest BCUT2D eigenvalue weighted by Gasteiger charge is 2.15. The molecule has 0 saturated carbocycles. The van der Waals surface area contributed by atoms with E-state index in [4.69, 9.17) is 4.74 Å². The van der Waals surface area contributed by atoms with E-state index in [-0.39, 0.29) is 0 Å². The highest BCUT2D eigenvalue weighted by molar-refractivity contribution is 5.33. The van der Waals surface area contributed by atoms with Crippen LogP contribution in [0.4, 0.5) is 5.95 Å². The molecule has 4 heteroatoms. The first-order valence-electron chi connectivity index (χ1n) is 4.60. The van der Waals surface area contributed by atoms with E-state index in [1.165, 1.54) is 0 Å². The fourth-order valence-electron chi connectivity index (χ4n) is 1.66. The molecule has 1 saturated heterocycles. The first-order chi connectivity index (χ1) is 6.27. The summed E-state index contributed by atoms with van der Waals surface area (Å²) in [5, 5.41) is 0. The molecule has 0 aromatic carbocycles. The number of aryl methyl sites for hydroxylation is 2. The quantitative estimate of drug-likeness (QED) is 0.634. The molecule has 0 aliphatic carbocycles. The van der Waals surface area contributed by atoms with Gasteiger partial charge in [0.1, 0.15) is 0 Å². The molecule has 13 heavy (non-hydrogen) atoms. The molecule has 0 bridgehead atoms. The minimum atomic E-state index is 0.811. The summed E-state index contributed by atoms with van der Waals surface area (Å²) in [4.78, 5) is 6.73. The average Bonchev–Trinajstić information content (AvgIpc) is 2.47. The third-order valence-corrected chi connectivity index (χ3v) is 2.27. The summed E-state index contributed by atoms with van der Waals surface area (Å²) in [6.07, 6.45) is 2.05. The number of ether oxygens (including phenoxy) is 1. The van der Waals surface area contributed by atoms with E-state index in [1.54, 1.807) is 0 Å². The van der Waals surface area contributed by atoms with Gasteiger partial charge in [0.15, 0.2) is 0 Å². The summed E-state index contributed by atoms with van der Waals surface area (Å²) < 4.78 is 7.36. The number of aromatic nitrogens is 2. The lowest BCUT2D eigenvalue weighted by molar-refractivity contribution is 0.121. The molecule has 1 fully saturated rings. The van der Waals surface area contributed by atoms with Gasteiger partial charge in [-0.25, -0.2) is 4.98 Å². The molecule has 2 rings (SSSR count). The molecule has 0 atom stereocenters. The van der Waals surface area contributed by atoms with Gasteiger partial charge < -0.3 is 14.2 Å². The molecule has 1 aliphatic heterocycles. The standard InChI is InChI=1S/C9H15N3O/c1-8-7-11(2)9(10-8)12-3-5-13-6-4-12/h7H,3-6H2,1-2H3. The molecule has 1 aliphatic rings. The van der Waals surface area contributed by atoms with Gasteiger partial charge in [-0.1, -0.05) is 0 Å². The Morgan fingerprint density at radius 1 is 1.38 bits per heavy atom. The maximum Gasteiger partial charge on any atom is 0.205 e. The summed E-state index contributed by atoms with van der Waals surface area (Å²) in [6, 6.07) is 0. The van der Waals surface area contributed by atoms with E-state index >= 15 is 0 Å². The van der Waals surface area contributed by atoms with E-state index < -0.39 is 0 Å². The van der Waals surface area contributed by atoms with Gasteiger partial charge in [-0.15, -0.1) is 0 Å². The van der Waals surface area contributed by atoms with Gasteiger partial charge in [-0.05, 0) is 6.92 Å². The Morgan fingerprint density at radius 2 is 2.08 bits per heavy atom. The lowest BCUT2D eigenvalue weighted by Gasteiger charge is -2.27. The third kappa shape index (κ3) is 1.67. The second-order valence-electron chi connectivity index (χ2n) is 3.39. The van der Waals surface area contributed by atoms with Crippen molar-refractivity contribution in [1.82, 2.24) is 9.55 Å². The van der Waals surface area contributed by atoms with E-state index in [9.17, 15) is 0 Å². The van der Waals surface area contributed by atoms with Crippen molar-refractivity contribution in [3.63, 3.8) is 0 Å². The van der Waals surface area contributed by atoms with Gasteiger partial charge in [0, 0.05) is 26.3 Å². The van der Waals surface area contributed by atoms with Crippen LogP contribution < -0.4 is 4.90 Å². The van der Waals surface area contributed by atoms with Crippen molar-refractivity contribution in [2.75, 3.05) is 31.2 Å². The van der Waals surface area contributed by atoms with E-state index in [2.05, 4.69) is 14.5 Å². The van der Waals surface area contributed by atoms with Crippen LogP contribution in [0.3, 0.4) is 0 Å². The van der Waals surface area contributed by atoms with Crippen LogP contribution in [0.15, 0.2) is 6.20 Å². The first-order valence-corrected chi connectivity index (χ1v) is 4.60. The zero-order valence-electron chi connectivity index (χ0n) is 8.16. The van der Waals surface area contributed by atoms with Crippen LogP contribution in [0.1, 0.15) is 5.69 Å². The average molecular weight is 181 g/mol. The van der Waals surface area contributed by atoms with Crippen LogP contribution >= 0.6 is 0 Å². The molecule has 0 unspecified atom stereocenters. The molecular formula is C9H15N3O. The number of nitrogens with zero attached hydrogens (tertiary/aromatic N) is 3. The van der Waals surface area contributed by atoms with Gasteiger partial charge in [-0.2, -0.15) is 0 Å². The Morgan fingerprint density at radius 3 is 2.62 bits per heavy atom. The van der Waals surface area contributed by atoms with E-state index in [1.807, 2.05) is 20.2 Å².